The molecule has 1 aromatic carbocycles. The highest BCUT2D eigenvalue weighted by atomic mass is 35.5. The third-order valence-electron chi connectivity index (χ3n) is 3.64. The molecule has 0 saturated carbocycles. The van der Waals surface area contributed by atoms with Gasteiger partial charge in [0.2, 0.25) is 0 Å². The zero-order chi connectivity index (χ0) is 16.0. The van der Waals surface area contributed by atoms with E-state index in [0.717, 1.165) is 19.4 Å². The minimum Gasteiger partial charge on any atom is -0.313 e. The topological polar surface area (TPSA) is 46.2 Å². The van der Waals surface area contributed by atoms with E-state index in [1.54, 1.807) is 0 Å². The van der Waals surface area contributed by atoms with Crippen LogP contribution in [0.4, 0.5) is 0 Å². The van der Waals surface area contributed by atoms with Gasteiger partial charge in [0.15, 0.2) is 9.84 Å². The Bertz CT molecular complexity index is 561. The minimum absolute atomic E-state index is 0.0607. The van der Waals surface area contributed by atoms with Gasteiger partial charge in [-0.15, -0.1) is 0 Å². The normalized spacial score (nSPS) is 14.9. The summed E-state index contributed by atoms with van der Waals surface area (Å²) in [6.45, 7) is 7.01. The summed E-state index contributed by atoms with van der Waals surface area (Å²) in [5, 5.41) is 3.96. The van der Waals surface area contributed by atoms with Gasteiger partial charge >= 0.3 is 0 Å². The van der Waals surface area contributed by atoms with Crippen LogP contribution < -0.4 is 5.32 Å². The highest BCUT2D eigenvalue weighted by Gasteiger charge is 2.24. The summed E-state index contributed by atoms with van der Waals surface area (Å²) >= 11 is 11.8. The van der Waals surface area contributed by atoms with Gasteiger partial charge < -0.3 is 5.32 Å². The van der Waals surface area contributed by atoms with Gasteiger partial charge in [-0.3, -0.25) is 0 Å². The summed E-state index contributed by atoms with van der Waals surface area (Å²) in [5.74, 6) is 0.356. The molecule has 0 amide bonds. The quantitative estimate of drug-likeness (QED) is 0.763. The molecular formula is C15H23Cl2NO2S. The Labute approximate surface area is 137 Å². The average molecular weight is 352 g/mol. The summed E-state index contributed by atoms with van der Waals surface area (Å²) in [4.78, 5) is 0.225. The van der Waals surface area contributed by atoms with Gasteiger partial charge in [-0.05, 0) is 37.1 Å². The van der Waals surface area contributed by atoms with Crippen LogP contribution in [-0.4, -0.2) is 26.8 Å². The van der Waals surface area contributed by atoms with E-state index < -0.39 is 9.84 Å². The second-order valence-electron chi connectivity index (χ2n) is 5.30. The van der Waals surface area contributed by atoms with Gasteiger partial charge in [-0.1, -0.05) is 50.4 Å². The maximum atomic E-state index is 12.5. The van der Waals surface area contributed by atoms with E-state index in [0.29, 0.717) is 5.02 Å². The number of rotatable bonds is 8. The summed E-state index contributed by atoms with van der Waals surface area (Å²) in [6.07, 6.45) is 1.90. The number of halogens is 2. The van der Waals surface area contributed by atoms with Crippen molar-refractivity contribution in [1.29, 1.82) is 0 Å². The molecule has 0 saturated heterocycles. The van der Waals surface area contributed by atoms with E-state index in [1.807, 2.05) is 0 Å². The third kappa shape index (κ3) is 5.44. The maximum Gasteiger partial charge on any atom is 0.179 e. The molecule has 0 bridgehead atoms. The molecule has 3 nitrogen and oxygen atoms in total. The van der Waals surface area contributed by atoms with Crippen LogP contribution >= 0.6 is 23.2 Å². The third-order valence-corrected chi connectivity index (χ3v) is 6.15. The number of hydrogen-bond acceptors (Lipinski definition) is 3. The van der Waals surface area contributed by atoms with E-state index in [1.165, 1.54) is 18.2 Å². The maximum absolute atomic E-state index is 12.5. The zero-order valence-corrected chi connectivity index (χ0v) is 15.0. The lowest BCUT2D eigenvalue weighted by molar-refractivity contribution is 0.391. The Morgan fingerprint density at radius 2 is 1.86 bits per heavy atom. The largest absolute Gasteiger partial charge is 0.313 e. The lowest BCUT2D eigenvalue weighted by Gasteiger charge is -2.24. The van der Waals surface area contributed by atoms with Crippen LogP contribution in [0, 0.1) is 5.92 Å². The average Bonchev–Trinajstić information content (AvgIpc) is 2.45. The van der Waals surface area contributed by atoms with Crippen LogP contribution in [0.1, 0.15) is 33.6 Å². The molecule has 1 N–H and O–H groups in total. The smallest absolute Gasteiger partial charge is 0.179 e. The fraction of sp³-hybridized carbons (Fsp3) is 0.600. The van der Waals surface area contributed by atoms with Crippen LogP contribution in [0.3, 0.4) is 0 Å². The molecule has 0 aliphatic rings. The van der Waals surface area contributed by atoms with Crippen LogP contribution in [0.15, 0.2) is 23.1 Å². The highest BCUT2D eigenvalue weighted by molar-refractivity contribution is 7.91. The van der Waals surface area contributed by atoms with Gasteiger partial charge in [0.05, 0.1) is 20.7 Å². The van der Waals surface area contributed by atoms with Gasteiger partial charge in [0.1, 0.15) is 0 Å². The molecule has 21 heavy (non-hydrogen) atoms. The molecular weight excluding hydrogens is 329 g/mol. The first kappa shape index (κ1) is 18.8. The van der Waals surface area contributed by atoms with E-state index in [-0.39, 0.29) is 27.6 Å². The predicted octanol–water partition coefficient (Wildman–Crippen LogP) is 4.18. The zero-order valence-electron chi connectivity index (χ0n) is 12.7. The molecule has 2 atom stereocenters. The fourth-order valence-electron chi connectivity index (χ4n) is 2.04. The fourth-order valence-corrected chi connectivity index (χ4v) is 4.09. The molecule has 0 aliphatic carbocycles. The summed E-state index contributed by atoms with van der Waals surface area (Å²) in [7, 11) is -3.39. The lowest BCUT2D eigenvalue weighted by atomic mass is 10.0. The number of nitrogens with one attached hydrogen (secondary N) is 1. The van der Waals surface area contributed by atoms with Crippen molar-refractivity contribution >= 4 is 33.0 Å². The van der Waals surface area contributed by atoms with Crippen LogP contribution in [0.2, 0.25) is 10.0 Å². The molecule has 1 aromatic rings. The molecule has 6 heteroatoms. The van der Waals surface area contributed by atoms with Gasteiger partial charge in [-0.2, -0.15) is 0 Å². The Morgan fingerprint density at radius 1 is 1.19 bits per heavy atom. The van der Waals surface area contributed by atoms with Crippen molar-refractivity contribution in [1.82, 2.24) is 5.32 Å². The van der Waals surface area contributed by atoms with Crippen molar-refractivity contribution in [2.45, 2.75) is 44.6 Å². The molecule has 0 radical (unpaired) electrons. The molecule has 0 spiro atoms. The molecule has 2 unspecified atom stereocenters. The van der Waals surface area contributed by atoms with Crippen molar-refractivity contribution in [2.75, 3.05) is 12.3 Å². The number of benzene rings is 1. The predicted molar refractivity (Wildman–Crippen MR) is 90.1 cm³/mol. The van der Waals surface area contributed by atoms with Crippen molar-refractivity contribution < 1.29 is 8.42 Å². The van der Waals surface area contributed by atoms with E-state index in [4.69, 9.17) is 23.2 Å². The first-order chi connectivity index (χ1) is 9.81. The van der Waals surface area contributed by atoms with Crippen molar-refractivity contribution in [3.05, 3.63) is 28.2 Å². The standard InChI is InChI=1S/C15H23Cl2NO2S/c1-4-8-18-15(11(3)5-2)10-21(19,20)12-6-7-13(16)14(17)9-12/h6-7,9,11,15,18H,4-5,8,10H2,1-3H3. The summed E-state index contributed by atoms with van der Waals surface area (Å²) in [6, 6.07) is 4.40. The van der Waals surface area contributed by atoms with Crippen LogP contribution in [0.5, 0.6) is 0 Å². The first-order valence-corrected chi connectivity index (χ1v) is 9.63. The molecule has 0 fully saturated rings. The van der Waals surface area contributed by atoms with Crippen molar-refractivity contribution in [3.8, 4) is 0 Å². The summed E-state index contributed by atoms with van der Waals surface area (Å²) < 4.78 is 25.1. The Balaban J connectivity index is 2.96. The number of hydrogen-bond donors (Lipinski definition) is 1. The monoisotopic (exact) mass is 351 g/mol. The Kier molecular flexibility index (Phi) is 7.48. The molecule has 120 valence electrons. The molecule has 0 heterocycles. The van der Waals surface area contributed by atoms with Gasteiger partial charge in [0, 0.05) is 6.04 Å². The van der Waals surface area contributed by atoms with Crippen molar-refractivity contribution in [3.63, 3.8) is 0 Å². The van der Waals surface area contributed by atoms with Crippen LogP contribution in [-0.2, 0) is 9.84 Å². The van der Waals surface area contributed by atoms with Crippen LogP contribution in [0.25, 0.3) is 0 Å². The van der Waals surface area contributed by atoms with Gasteiger partial charge in [0.25, 0.3) is 0 Å². The van der Waals surface area contributed by atoms with E-state index in [2.05, 4.69) is 26.1 Å². The van der Waals surface area contributed by atoms with Crippen molar-refractivity contribution in [2.24, 2.45) is 5.92 Å². The Hall–Kier alpha value is -0.290. The van der Waals surface area contributed by atoms with Gasteiger partial charge in [-0.25, -0.2) is 8.42 Å². The number of sulfone groups is 1. The highest BCUT2D eigenvalue weighted by Crippen LogP contribution is 2.26. The SMILES string of the molecule is CCCNC(CS(=O)(=O)c1ccc(Cl)c(Cl)c1)C(C)CC. The van der Waals surface area contributed by atoms with E-state index in [9.17, 15) is 8.42 Å². The summed E-state index contributed by atoms with van der Waals surface area (Å²) in [5.41, 5.74) is 0. The van der Waals surface area contributed by atoms with E-state index >= 15 is 0 Å². The lowest BCUT2D eigenvalue weighted by Crippen LogP contribution is -2.41. The molecule has 1 rings (SSSR count). The molecule has 0 aromatic heterocycles. The minimum atomic E-state index is -3.39. The second kappa shape index (κ2) is 8.37. The second-order valence-corrected chi connectivity index (χ2v) is 8.15. The first-order valence-electron chi connectivity index (χ1n) is 7.23. The molecule has 0 aliphatic heterocycles. The Morgan fingerprint density at radius 3 is 2.38 bits per heavy atom.